The minimum Gasteiger partial charge on any atom is -0.353 e. The SMILES string of the molecule is CN(C)c1nnc(SCc2cccnc2NN)s1. The fraction of sp³-hybridized carbons (Fsp3) is 0.300. The predicted octanol–water partition coefficient (Wildman–Crippen LogP) is 1.58. The van der Waals surface area contributed by atoms with Crippen LogP contribution in [-0.4, -0.2) is 29.3 Å². The molecule has 8 heteroatoms. The maximum absolute atomic E-state index is 5.41. The van der Waals surface area contributed by atoms with Crippen LogP contribution in [0.5, 0.6) is 0 Å². The van der Waals surface area contributed by atoms with Gasteiger partial charge in [0, 0.05) is 31.6 Å². The molecular weight excluding hydrogens is 268 g/mol. The number of rotatable bonds is 5. The lowest BCUT2D eigenvalue weighted by atomic mass is 10.3. The zero-order valence-electron chi connectivity index (χ0n) is 10.1. The molecule has 0 fully saturated rings. The Hall–Kier alpha value is -1.38. The molecule has 96 valence electrons. The van der Waals surface area contributed by atoms with E-state index in [1.165, 1.54) is 0 Å². The fourth-order valence-electron chi connectivity index (χ4n) is 1.27. The van der Waals surface area contributed by atoms with E-state index in [-0.39, 0.29) is 0 Å². The first kappa shape index (κ1) is 13.1. The molecule has 6 nitrogen and oxygen atoms in total. The van der Waals surface area contributed by atoms with Crippen LogP contribution in [0.1, 0.15) is 5.56 Å². The lowest BCUT2D eigenvalue weighted by Gasteiger charge is -2.05. The summed E-state index contributed by atoms with van der Waals surface area (Å²) in [7, 11) is 3.90. The minimum absolute atomic E-state index is 0.697. The van der Waals surface area contributed by atoms with Gasteiger partial charge in [0.15, 0.2) is 4.34 Å². The number of hydrazine groups is 1. The van der Waals surface area contributed by atoms with Gasteiger partial charge in [-0.25, -0.2) is 10.8 Å². The topological polar surface area (TPSA) is 80.0 Å². The van der Waals surface area contributed by atoms with Crippen molar-refractivity contribution < 1.29 is 0 Å². The van der Waals surface area contributed by atoms with Crippen molar-refractivity contribution in [3.05, 3.63) is 23.9 Å². The van der Waals surface area contributed by atoms with Gasteiger partial charge in [-0.2, -0.15) is 0 Å². The first-order valence-electron chi connectivity index (χ1n) is 5.25. The summed E-state index contributed by atoms with van der Waals surface area (Å²) in [6.45, 7) is 0. The Balaban J connectivity index is 2.02. The highest BCUT2D eigenvalue weighted by Gasteiger charge is 2.08. The fourth-order valence-corrected chi connectivity index (χ4v) is 3.01. The highest BCUT2D eigenvalue weighted by molar-refractivity contribution is 8.00. The smallest absolute Gasteiger partial charge is 0.208 e. The van der Waals surface area contributed by atoms with Crippen molar-refractivity contribution in [2.45, 2.75) is 10.1 Å². The first-order valence-corrected chi connectivity index (χ1v) is 7.05. The second-order valence-electron chi connectivity index (χ2n) is 3.69. The number of aromatic nitrogens is 3. The third-order valence-corrected chi connectivity index (χ3v) is 4.43. The predicted molar refractivity (Wildman–Crippen MR) is 75.8 cm³/mol. The number of nitrogens with two attached hydrogens (primary N) is 1. The van der Waals surface area contributed by atoms with Crippen LogP contribution in [-0.2, 0) is 5.75 Å². The van der Waals surface area contributed by atoms with Gasteiger partial charge in [-0.05, 0) is 6.07 Å². The Bertz CT molecular complexity index is 513. The van der Waals surface area contributed by atoms with Crippen LogP contribution in [0.4, 0.5) is 10.9 Å². The minimum atomic E-state index is 0.697. The highest BCUT2D eigenvalue weighted by Crippen LogP contribution is 2.30. The van der Waals surface area contributed by atoms with Gasteiger partial charge in [-0.3, -0.25) is 0 Å². The van der Waals surface area contributed by atoms with Crippen molar-refractivity contribution in [3.8, 4) is 0 Å². The van der Waals surface area contributed by atoms with Gasteiger partial charge in [0.1, 0.15) is 5.82 Å². The lowest BCUT2D eigenvalue weighted by molar-refractivity contribution is 0.972. The highest BCUT2D eigenvalue weighted by atomic mass is 32.2. The monoisotopic (exact) mass is 282 g/mol. The molecule has 18 heavy (non-hydrogen) atoms. The van der Waals surface area contributed by atoms with E-state index >= 15 is 0 Å². The summed E-state index contributed by atoms with van der Waals surface area (Å²) in [5, 5.41) is 9.12. The third-order valence-electron chi connectivity index (χ3n) is 2.16. The molecule has 0 saturated carbocycles. The molecule has 0 amide bonds. The van der Waals surface area contributed by atoms with E-state index in [2.05, 4.69) is 20.6 Å². The van der Waals surface area contributed by atoms with Gasteiger partial charge < -0.3 is 10.3 Å². The quantitative estimate of drug-likeness (QED) is 0.489. The van der Waals surface area contributed by atoms with Gasteiger partial charge in [0.25, 0.3) is 0 Å². The molecule has 0 radical (unpaired) electrons. The average molecular weight is 282 g/mol. The van der Waals surface area contributed by atoms with Crippen LogP contribution < -0.4 is 16.2 Å². The van der Waals surface area contributed by atoms with Crippen LogP contribution in [0.3, 0.4) is 0 Å². The van der Waals surface area contributed by atoms with E-state index in [0.717, 1.165) is 20.8 Å². The van der Waals surface area contributed by atoms with E-state index in [1.807, 2.05) is 31.1 Å². The Morgan fingerprint density at radius 1 is 1.44 bits per heavy atom. The van der Waals surface area contributed by atoms with Crippen LogP contribution in [0.2, 0.25) is 0 Å². The summed E-state index contributed by atoms with van der Waals surface area (Å²) >= 11 is 3.19. The first-order chi connectivity index (χ1) is 8.70. The van der Waals surface area contributed by atoms with E-state index < -0.39 is 0 Å². The summed E-state index contributed by atoms with van der Waals surface area (Å²) < 4.78 is 0.936. The molecule has 0 saturated heterocycles. The number of thioether (sulfide) groups is 1. The summed E-state index contributed by atoms with van der Waals surface area (Å²) in [4.78, 5) is 6.10. The van der Waals surface area contributed by atoms with Gasteiger partial charge in [-0.15, -0.1) is 10.2 Å². The van der Waals surface area contributed by atoms with Crippen LogP contribution in [0.25, 0.3) is 0 Å². The molecule has 2 heterocycles. The maximum Gasteiger partial charge on any atom is 0.208 e. The molecule has 3 N–H and O–H groups in total. The van der Waals surface area contributed by atoms with Gasteiger partial charge in [0.05, 0.1) is 0 Å². The van der Waals surface area contributed by atoms with Crippen molar-refractivity contribution in [3.63, 3.8) is 0 Å². The maximum atomic E-state index is 5.41. The number of nitrogens with one attached hydrogen (secondary N) is 1. The number of hydrogen-bond acceptors (Lipinski definition) is 8. The molecule has 0 aliphatic heterocycles. The molecule has 2 rings (SSSR count). The zero-order chi connectivity index (χ0) is 13.0. The van der Waals surface area contributed by atoms with Crippen molar-refractivity contribution in [2.24, 2.45) is 5.84 Å². The number of nitrogen functional groups attached to an aromatic ring is 1. The van der Waals surface area contributed by atoms with Gasteiger partial charge in [0.2, 0.25) is 5.13 Å². The van der Waals surface area contributed by atoms with Crippen LogP contribution >= 0.6 is 23.1 Å². The summed E-state index contributed by atoms with van der Waals surface area (Å²) in [5.41, 5.74) is 3.64. The Morgan fingerprint density at radius 2 is 2.28 bits per heavy atom. The van der Waals surface area contributed by atoms with Crippen LogP contribution in [0.15, 0.2) is 22.7 Å². The molecular formula is C10H14N6S2. The van der Waals surface area contributed by atoms with Crippen molar-refractivity contribution in [1.29, 1.82) is 0 Å². The summed E-state index contributed by atoms with van der Waals surface area (Å²) in [6, 6.07) is 3.88. The molecule has 0 unspecified atom stereocenters. The Morgan fingerprint density at radius 3 is 2.94 bits per heavy atom. The second kappa shape index (κ2) is 5.98. The molecule has 0 aliphatic rings. The molecule has 2 aromatic rings. The van der Waals surface area contributed by atoms with Crippen molar-refractivity contribution in [1.82, 2.24) is 15.2 Å². The van der Waals surface area contributed by atoms with E-state index in [4.69, 9.17) is 5.84 Å². The molecule has 0 aromatic carbocycles. The van der Waals surface area contributed by atoms with E-state index in [9.17, 15) is 0 Å². The molecule has 0 atom stereocenters. The Kier molecular flexibility index (Phi) is 4.34. The normalized spacial score (nSPS) is 10.4. The second-order valence-corrected chi connectivity index (χ2v) is 5.87. The van der Waals surface area contributed by atoms with E-state index in [1.54, 1.807) is 29.3 Å². The zero-order valence-corrected chi connectivity index (χ0v) is 11.8. The third kappa shape index (κ3) is 3.09. The van der Waals surface area contributed by atoms with Gasteiger partial charge in [-0.1, -0.05) is 29.2 Å². The number of nitrogens with zero attached hydrogens (tertiary/aromatic N) is 4. The summed E-state index contributed by atoms with van der Waals surface area (Å²) in [5.74, 6) is 6.87. The Labute approximate surface area is 114 Å². The molecule has 0 bridgehead atoms. The largest absolute Gasteiger partial charge is 0.353 e. The summed E-state index contributed by atoms with van der Waals surface area (Å²) in [6.07, 6.45) is 1.71. The van der Waals surface area contributed by atoms with Crippen LogP contribution in [0, 0.1) is 0 Å². The van der Waals surface area contributed by atoms with E-state index in [0.29, 0.717) is 5.82 Å². The standard InChI is InChI=1S/C10H14N6S2/c1-16(2)9-14-15-10(18-9)17-6-7-4-3-5-12-8(7)13-11/h3-5H,6,11H2,1-2H3,(H,12,13). The van der Waals surface area contributed by atoms with Gasteiger partial charge >= 0.3 is 0 Å². The number of hydrogen-bond donors (Lipinski definition) is 2. The van der Waals surface area contributed by atoms with Crippen molar-refractivity contribution >= 4 is 34.0 Å². The molecule has 0 aliphatic carbocycles. The molecule has 0 spiro atoms. The number of anilines is 2. The lowest BCUT2D eigenvalue weighted by Crippen LogP contribution is -2.10. The average Bonchev–Trinajstić information content (AvgIpc) is 2.85. The van der Waals surface area contributed by atoms with Crippen molar-refractivity contribution in [2.75, 3.05) is 24.4 Å². The molecule has 2 aromatic heterocycles. The number of pyridine rings is 1.